The van der Waals surface area contributed by atoms with Crippen LogP contribution in [0.15, 0.2) is 48.7 Å². The number of thiazole rings is 1. The van der Waals surface area contributed by atoms with Crippen molar-refractivity contribution in [3.8, 4) is 17.0 Å². The number of benzene rings is 2. The Bertz CT molecular complexity index is 1210. The van der Waals surface area contributed by atoms with E-state index in [-0.39, 0.29) is 10.6 Å². The van der Waals surface area contributed by atoms with Crippen molar-refractivity contribution in [2.24, 2.45) is 0 Å². The van der Waals surface area contributed by atoms with Crippen molar-refractivity contribution < 1.29 is 17.9 Å². The summed E-state index contributed by atoms with van der Waals surface area (Å²) in [5, 5.41) is 16.5. The molecule has 2 aromatic heterocycles. The van der Waals surface area contributed by atoms with Crippen LogP contribution in [0.4, 0.5) is 13.2 Å². The number of halogens is 3. The quantitative estimate of drug-likeness (QED) is 0.523. The maximum Gasteiger partial charge on any atom is 0.573 e. The molecule has 0 atom stereocenters. The van der Waals surface area contributed by atoms with Crippen LogP contribution in [0.25, 0.3) is 21.5 Å². The van der Waals surface area contributed by atoms with Crippen LogP contribution in [-0.4, -0.2) is 25.9 Å². The second-order valence-corrected chi connectivity index (χ2v) is 7.50. The molecule has 150 valence electrons. The highest BCUT2D eigenvalue weighted by Crippen LogP contribution is 2.28. The largest absolute Gasteiger partial charge is 0.573 e. The number of aryl methyl sites for hydroxylation is 3. The van der Waals surface area contributed by atoms with E-state index in [1.165, 1.54) is 18.2 Å². The van der Waals surface area contributed by atoms with E-state index >= 15 is 0 Å². The lowest BCUT2D eigenvalue weighted by Gasteiger charge is -2.09. The fourth-order valence-electron chi connectivity index (χ4n) is 2.95. The van der Waals surface area contributed by atoms with Gasteiger partial charge < -0.3 is 9.30 Å². The third-order valence-corrected chi connectivity index (χ3v) is 5.31. The van der Waals surface area contributed by atoms with Crippen molar-refractivity contribution in [1.29, 1.82) is 5.41 Å². The summed E-state index contributed by atoms with van der Waals surface area (Å²) in [4.78, 5) is 0.239. The van der Waals surface area contributed by atoms with E-state index in [4.69, 9.17) is 5.41 Å². The standard InChI is InChI=1S/C19H16F3N5OS/c1-12-2-4-13(5-3-12)15-11-26(25-24-15)8-9-27-16-7-6-14(28-19(20,21)22)10-17(16)29-18(27)23/h2-7,10-11,23H,8-9H2,1H3. The Labute approximate surface area is 167 Å². The molecule has 1 N–H and O–H groups in total. The average molecular weight is 419 g/mol. The number of alkyl halides is 3. The fraction of sp³-hybridized carbons (Fsp3) is 0.211. The molecule has 0 fully saturated rings. The molecule has 0 unspecified atom stereocenters. The molecule has 0 saturated carbocycles. The number of nitrogens with zero attached hydrogens (tertiary/aromatic N) is 4. The summed E-state index contributed by atoms with van der Waals surface area (Å²) in [7, 11) is 0. The van der Waals surface area contributed by atoms with Gasteiger partial charge in [0.25, 0.3) is 0 Å². The molecule has 10 heteroatoms. The minimum absolute atomic E-state index is 0.239. The smallest absolute Gasteiger partial charge is 0.406 e. The maximum absolute atomic E-state index is 12.4. The van der Waals surface area contributed by atoms with Gasteiger partial charge in [0.15, 0.2) is 4.80 Å². The van der Waals surface area contributed by atoms with Crippen molar-refractivity contribution in [3.63, 3.8) is 0 Å². The Balaban J connectivity index is 1.52. The van der Waals surface area contributed by atoms with Gasteiger partial charge in [0, 0.05) is 12.1 Å². The molecule has 0 saturated heterocycles. The predicted octanol–water partition coefficient (Wildman–Crippen LogP) is 4.35. The Morgan fingerprint density at radius 1 is 1.10 bits per heavy atom. The van der Waals surface area contributed by atoms with Crippen LogP contribution in [0.1, 0.15) is 5.56 Å². The molecular weight excluding hydrogens is 403 g/mol. The molecule has 0 spiro atoms. The number of fused-ring (bicyclic) bond motifs is 1. The predicted molar refractivity (Wildman–Crippen MR) is 103 cm³/mol. The first-order valence-corrected chi connectivity index (χ1v) is 9.51. The third-order valence-electron chi connectivity index (χ3n) is 4.35. The van der Waals surface area contributed by atoms with Gasteiger partial charge in [-0.3, -0.25) is 10.1 Å². The number of hydrogen-bond acceptors (Lipinski definition) is 5. The van der Waals surface area contributed by atoms with E-state index < -0.39 is 6.36 Å². The first kappa shape index (κ1) is 19.2. The molecule has 0 amide bonds. The Morgan fingerprint density at radius 2 is 1.86 bits per heavy atom. The van der Waals surface area contributed by atoms with E-state index in [0.717, 1.165) is 28.2 Å². The molecule has 0 aliphatic heterocycles. The molecule has 0 aliphatic carbocycles. The van der Waals surface area contributed by atoms with E-state index in [9.17, 15) is 13.2 Å². The van der Waals surface area contributed by atoms with Gasteiger partial charge >= 0.3 is 6.36 Å². The zero-order valence-corrected chi connectivity index (χ0v) is 16.1. The molecule has 0 radical (unpaired) electrons. The number of ether oxygens (including phenoxy) is 1. The van der Waals surface area contributed by atoms with Crippen molar-refractivity contribution in [2.45, 2.75) is 26.4 Å². The Hall–Kier alpha value is -3.14. The van der Waals surface area contributed by atoms with E-state index in [1.54, 1.807) is 9.25 Å². The van der Waals surface area contributed by atoms with Crippen molar-refractivity contribution >= 4 is 21.6 Å². The number of rotatable bonds is 5. The summed E-state index contributed by atoms with van der Waals surface area (Å²) >= 11 is 1.09. The second-order valence-electron chi connectivity index (χ2n) is 6.47. The SMILES string of the molecule is Cc1ccc(-c2cn(CCn3c(=N)sc4cc(OC(F)(F)F)ccc43)nn2)cc1. The van der Waals surface area contributed by atoms with Gasteiger partial charge in [0.1, 0.15) is 11.4 Å². The molecule has 4 rings (SSSR count). The molecule has 6 nitrogen and oxygen atoms in total. The molecular formula is C19H16F3N5OS. The molecule has 0 aliphatic rings. The highest BCUT2D eigenvalue weighted by molar-refractivity contribution is 7.16. The molecule has 2 heterocycles. The lowest BCUT2D eigenvalue weighted by molar-refractivity contribution is -0.274. The Morgan fingerprint density at radius 3 is 2.59 bits per heavy atom. The lowest BCUT2D eigenvalue weighted by Crippen LogP contribution is -2.17. The van der Waals surface area contributed by atoms with Crippen LogP contribution < -0.4 is 9.54 Å². The van der Waals surface area contributed by atoms with Gasteiger partial charge in [-0.1, -0.05) is 46.4 Å². The number of hydrogen-bond donors (Lipinski definition) is 1. The third kappa shape index (κ3) is 4.32. The summed E-state index contributed by atoms with van der Waals surface area (Å²) in [6.45, 7) is 2.93. The van der Waals surface area contributed by atoms with Crippen LogP contribution in [-0.2, 0) is 13.1 Å². The van der Waals surface area contributed by atoms with Crippen LogP contribution in [0.2, 0.25) is 0 Å². The zero-order chi connectivity index (χ0) is 20.6. The van der Waals surface area contributed by atoms with E-state index in [2.05, 4.69) is 15.0 Å². The van der Waals surface area contributed by atoms with Gasteiger partial charge in [0.2, 0.25) is 0 Å². The van der Waals surface area contributed by atoms with Gasteiger partial charge in [-0.25, -0.2) is 0 Å². The minimum Gasteiger partial charge on any atom is -0.406 e. The van der Waals surface area contributed by atoms with Crippen molar-refractivity contribution in [3.05, 3.63) is 59.0 Å². The topological polar surface area (TPSA) is 68.7 Å². The van der Waals surface area contributed by atoms with Crippen LogP contribution in [0, 0.1) is 12.3 Å². The normalized spacial score (nSPS) is 11.9. The van der Waals surface area contributed by atoms with Crippen molar-refractivity contribution in [2.75, 3.05) is 0 Å². The van der Waals surface area contributed by atoms with Gasteiger partial charge in [-0.2, -0.15) is 0 Å². The van der Waals surface area contributed by atoms with Crippen molar-refractivity contribution in [1.82, 2.24) is 19.6 Å². The molecule has 4 aromatic rings. The van der Waals surface area contributed by atoms with Gasteiger partial charge in [-0.15, -0.1) is 18.3 Å². The number of nitrogens with one attached hydrogen (secondary N) is 1. The van der Waals surface area contributed by atoms with Crippen LogP contribution in [0.5, 0.6) is 5.75 Å². The summed E-state index contributed by atoms with van der Waals surface area (Å²) in [5.74, 6) is -0.294. The summed E-state index contributed by atoms with van der Waals surface area (Å²) in [6.07, 6.45) is -2.91. The highest BCUT2D eigenvalue weighted by Gasteiger charge is 2.31. The summed E-state index contributed by atoms with van der Waals surface area (Å²) in [6, 6.07) is 12.1. The second kappa shape index (κ2) is 7.36. The average Bonchev–Trinajstić information content (AvgIpc) is 3.23. The van der Waals surface area contributed by atoms with Gasteiger partial charge in [-0.05, 0) is 25.1 Å². The first-order valence-electron chi connectivity index (χ1n) is 8.69. The number of aromatic nitrogens is 4. The van der Waals surface area contributed by atoms with Crippen LogP contribution in [0.3, 0.4) is 0 Å². The van der Waals surface area contributed by atoms with Crippen LogP contribution >= 0.6 is 11.3 Å². The first-order chi connectivity index (χ1) is 13.8. The summed E-state index contributed by atoms with van der Waals surface area (Å²) in [5.41, 5.74) is 3.56. The van der Waals surface area contributed by atoms with Gasteiger partial charge in [0.05, 0.1) is 23.0 Å². The zero-order valence-electron chi connectivity index (χ0n) is 15.3. The fourth-order valence-corrected chi connectivity index (χ4v) is 3.92. The summed E-state index contributed by atoms with van der Waals surface area (Å²) < 4.78 is 45.1. The highest BCUT2D eigenvalue weighted by atomic mass is 32.1. The Kier molecular flexibility index (Phi) is 4.87. The monoisotopic (exact) mass is 419 g/mol. The van der Waals surface area contributed by atoms with E-state index in [1.807, 2.05) is 37.4 Å². The molecule has 2 aromatic carbocycles. The molecule has 29 heavy (non-hydrogen) atoms. The lowest BCUT2D eigenvalue weighted by atomic mass is 10.1. The maximum atomic E-state index is 12.4. The minimum atomic E-state index is -4.74. The molecule has 0 bridgehead atoms. The van der Waals surface area contributed by atoms with E-state index in [0.29, 0.717) is 23.3 Å².